The minimum absolute atomic E-state index is 0.0274. The Kier molecular flexibility index (Phi) is 4.22. The second-order valence-electron chi connectivity index (χ2n) is 4.33. The van der Waals surface area contributed by atoms with E-state index in [-0.39, 0.29) is 10.5 Å². The van der Waals surface area contributed by atoms with E-state index in [4.69, 9.17) is 0 Å². The maximum atomic E-state index is 11.9. The average Bonchev–Trinajstić information content (AvgIpc) is 2.35. The molecule has 0 radical (unpaired) electrons. The highest BCUT2D eigenvalue weighted by molar-refractivity contribution is 8.13. The van der Waals surface area contributed by atoms with Gasteiger partial charge in [0.15, 0.2) is 10.5 Å². The van der Waals surface area contributed by atoms with Crippen LogP contribution in [0.1, 0.15) is 18.2 Å². The van der Waals surface area contributed by atoms with Gasteiger partial charge >= 0.3 is 0 Å². The van der Waals surface area contributed by atoms with Crippen LogP contribution in [-0.2, 0) is 4.79 Å². The summed E-state index contributed by atoms with van der Waals surface area (Å²) in [7, 11) is 0. The first-order valence-corrected chi connectivity index (χ1v) is 6.98. The number of aryl methyl sites for hydroxylation is 1. The molecule has 1 aromatic heterocycles. The van der Waals surface area contributed by atoms with E-state index in [9.17, 15) is 9.59 Å². The number of nitrogens with one attached hydrogen (secondary N) is 1. The summed E-state index contributed by atoms with van der Waals surface area (Å²) >= 11 is 1.27. The number of aromatic amines is 1. The Hall–Kier alpha value is -1.81. The average molecular weight is 273 g/mol. The van der Waals surface area contributed by atoms with E-state index in [1.165, 1.54) is 11.8 Å². The fourth-order valence-corrected chi connectivity index (χ4v) is 2.28. The number of thioether (sulfide) groups is 1. The standard InChI is InChI=1S/C15H15NO2S/c1-10-8-15(18)13-9-12(5-6-14(13)16-10)4-3-7-19-11(2)17/h3-6,8-9H,7H2,1-2H3,(H,16,18). The van der Waals surface area contributed by atoms with Gasteiger partial charge in [0.1, 0.15) is 0 Å². The van der Waals surface area contributed by atoms with Crippen molar-refractivity contribution < 1.29 is 4.79 Å². The summed E-state index contributed by atoms with van der Waals surface area (Å²) in [5.41, 5.74) is 2.70. The monoisotopic (exact) mass is 273 g/mol. The van der Waals surface area contributed by atoms with Crippen molar-refractivity contribution in [2.75, 3.05) is 5.75 Å². The molecule has 1 N–H and O–H groups in total. The number of hydrogen-bond donors (Lipinski definition) is 1. The minimum Gasteiger partial charge on any atom is -0.358 e. The van der Waals surface area contributed by atoms with Gasteiger partial charge in [-0.3, -0.25) is 9.59 Å². The van der Waals surface area contributed by atoms with Gasteiger partial charge < -0.3 is 4.98 Å². The number of aromatic nitrogens is 1. The van der Waals surface area contributed by atoms with Gasteiger partial charge in [-0.1, -0.05) is 30.0 Å². The summed E-state index contributed by atoms with van der Waals surface area (Å²) in [6.07, 6.45) is 3.85. The Balaban J connectivity index is 2.27. The summed E-state index contributed by atoms with van der Waals surface area (Å²) in [5, 5.41) is 0.794. The highest BCUT2D eigenvalue weighted by Gasteiger charge is 2.00. The SMILES string of the molecule is CC(=O)SCC=Cc1ccc2[nH]c(C)cc(=O)c2c1. The molecule has 0 unspecified atom stereocenters. The van der Waals surface area contributed by atoms with Gasteiger partial charge in [-0.15, -0.1) is 0 Å². The normalized spacial score (nSPS) is 11.3. The molecule has 0 bridgehead atoms. The number of H-pyrrole nitrogens is 1. The Morgan fingerprint density at radius 2 is 2.16 bits per heavy atom. The lowest BCUT2D eigenvalue weighted by atomic mass is 10.1. The molecule has 0 aliphatic carbocycles. The minimum atomic E-state index is 0.0274. The van der Waals surface area contributed by atoms with Gasteiger partial charge in [0.2, 0.25) is 0 Å². The summed E-state index contributed by atoms with van der Waals surface area (Å²) in [6, 6.07) is 7.32. The second kappa shape index (κ2) is 5.89. The molecule has 2 rings (SSSR count). The topological polar surface area (TPSA) is 49.9 Å². The largest absolute Gasteiger partial charge is 0.358 e. The fourth-order valence-electron chi connectivity index (χ4n) is 1.85. The zero-order valence-electron chi connectivity index (χ0n) is 10.9. The van der Waals surface area contributed by atoms with Gasteiger partial charge in [0, 0.05) is 35.3 Å². The Bertz CT molecular complexity index is 701. The lowest BCUT2D eigenvalue weighted by Gasteiger charge is -2.01. The van der Waals surface area contributed by atoms with E-state index in [2.05, 4.69) is 4.98 Å². The number of pyridine rings is 1. The van der Waals surface area contributed by atoms with E-state index in [1.54, 1.807) is 13.0 Å². The van der Waals surface area contributed by atoms with Crippen LogP contribution in [0.15, 0.2) is 35.1 Å². The van der Waals surface area contributed by atoms with E-state index in [0.717, 1.165) is 16.8 Å². The molecule has 0 amide bonds. The van der Waals surface area contributed by atoms with Gasteiger partial charge in [-0.2, -0.15) is 0 Å². The molecule has 0 saturated heterocycles. The maximum absolute atomic E-state index is 11.9. The van der Waals surface area contributed by atoms with Crippen LogP contribution in [0, 0.1) is 6.92 Å². The molecule has 0 fully saturated rings. The van der Waals surface area contributed by atoms with Crippen LogP contribution < -0.4 is 5.43 Å². The first-order valence-electron chi connectivity index (χ1n) is 6.00. The van der Waals surface area contributed by atoms with Crippen LogP contribution in [0.25, 0.3) is 17.0 Å². The molecule has 1 aromatic carbocycles. The Labute approximate surface area is 115 Å². The van der Waals surface area contributed by atoms with Crippen molar-refractivity contribution >= 4 is 33.9 Å². The van der Waals surface area contributed by atoms with E-state index in [0.29, 0.717) is 11.1 Å². The lowest BCUT2D eigenvalue weighted by molar-refractivity contribution is -0.109. The molecule has 0 aliphatic heterocycles. The van der Waals surface area contributed by atoms with E-state index in [1.807, 2.05) is 37.3 Å². The van der Waals surface area contributed by atoms with E-state index < -0.39 is 0 Å². The van der Waals surface area contributed by atoms with Crippen molar-refractivity contribution in [3.8, 4) is 0 Å². The van der Waals surface area contributed by atoms with Crippen LogP contribution in [0.4, 0.5) is 0 Å². The molecular formula is C15H15NO2S. The Morgan fingerprint density at radius 1 is 1.37 bits per heavy atom. The molecule has 3 nitrogen and oxygen atoms in total. The number of carbonyl (C=O) groups excluding carboxylic acids is 1. The lowest BCUT2D eigenvalue weighted by Crippen LogP contribution is -2.02. The van der Waals surface area contributed by atoms with Crippen LogP contribution in [0.3, 0.4) is 0 Å². The van der Waals surface area contributed by atoms with Crippen LogP contribution in [-0.4, -0.2) is 15.9 Å². The number of hydrogen-bond acceptors (Lipinski definition) is 3. The summed E-state index contributed by atoms with van der Waals surface area (Å²) in [5.74, 6) is 0.650. The van der Waals surface area contributed by atoms with Crippen molar-refractivity contribution in [2.24, 2.45) is 0 Å². The van der Waals surface area contributed by atoms with Crippen molar-refractivity contribution in [1.29, 1.82) is 0 Å². The molecule has 0 aliphatic rings. The molecule has 4 heteroatoms. The molecule has 0 saturated carbocycles. The summed E-state index contributed by atoms with van der Waals surface area (Å²) < 4.78 is 0. The third-order valence-corrected chi connectivity index (χ3v) is 3.45. The molecule has 0 spiro atoms. The maximum Gasteiger partial charge on any atom is 0.189 e. The number of rotatable bonds is 3. The quantitative estimate of drug-likeness (QED) is 0.934. The van der Waals surface area contributed by atoms with Crippen LogP contribution >= 0.6 is 11.8 Å². The van der Waals surface area contributed by atoms with Crippen LogP contribution in [0.2, 0.25) is 0 Å². The van der Waals surface area contributed by atoms with Crippen molar-refractivity contribution in [1.82, 2.24) is 4.98 Å². The fraction of sp³-hybridized carbons (Fsp3) is 0.200. The van der Waals surface area contributed by atoms with Crippen molar-refractivity contribution in [3.05, 3.63) is 51.8 Å². The first kappa shape index (κ1) is 13.6. The van der Waals surface area contributed by atoms with Crippen molar-refractivity contribution in [2.45, 2.75) is 13.8 Å². The number of fused-ring (bicyclic) bond motifs is 1. The van der Waals surface area contributed by atoms with Crippen molar-refractivity contribution in [3.63, 3.8) is 0 Å². The highest BCUT2D eigenvalue weighted by atomic mass is 32.2. The molecular weight excluding hydrogens is 258 g/mol. The molecule has 2 aromatic rings. The number of benzene rings is 1. The zero-order chi connectivity index (χ0) is 13.8. The Morgan fingerprint density at radius 3 is 2.89 bits per heavy atom. The van der Waals surface area contributed by atoms with Gasteiger partial charge in [0.25, 0.3) is 0 Å². The number of carbonyl (C=O) groups is 1. The first-order chi connectivity index (χ1) is 9.06. The highest BCUT2D eigenvalue weighted by Crippen LogP contribution is 2.13. The smallest absolute Gasteiger partial charge is 0.189 e. The van der Waals surface area contributed by atoms with Gasteiger partial charge in [0.05, 0.1) is 0 Å². The predicted octanol–water partition coefficient (Wildman–Crippen LogP) is 3.13. The molecule has 98 valence electrons. The van der Waals surface area contributed by atoms with Crippen LogP contribution in [0.5, 0.6) is 0 Å². The zero-order valence-corrected chi connectivity index (χ0v) is 11.7. The van der Waals surface area contributed by atoms with E-state index >= 15 is 0 Å². The van der Waals surface area contributed by atoms with Gasteiger partial charge in [-0.05, 0) is 24.6 Å². The molecule has 1 heterocycles. The van der Waals surface area contributed by atoms with Gasteiger partial charge in [-0.25, -0.2) is 0 Å². The summed E-state index contributed by atoms with van der Waals surface area (Å²) in [6.45, 7) is 3.42. The third kappa shape index (κ3) is 3.58. The summed E-state index contributed by atoms with van der Waals surface area (Å²) in [4.78, 5) is 25.8. The second-order valence-corrected chi connectivity index (χ2v) is 5.52. The molecule has 19 heavy (non-hydrogen) atoms. The molecule has 0 atom stereocenters. The predicted molar refractivity (Wildman–Crippen MR) is 81.5 cm³/mol. The third-order valence-electron chi connectivity index (χ3n) is 2.68.